The predicted molar refractivity (Wildman–Crippen MR) is 131 cm³/mol. The van der Waals surface area contributed by atoms with Gasteiger partial charge in [-0.25, -0.2) is 0 Å². The normalized spacial score (nSPS) is 16.2. The molecule has 2 amide bonds. The number of hydrogen-bond acceptors (Lipinski definition) is 6. The molecule has 0 radical (unpaired) electrons. The Morgan fingerprint density at radius 1 is 1.14 bits per heavy atom. The maximum atomic E-state index is 13.1. The van der Waals surface area contributed by atoms with Gasteiger partial charge in [-0.15, -0.1) is 0 Å². The molecule has 0 saturated carbocycles. The molecule has 4 rings (SSSR count). The highest BCUT2D eigenvalue weighted by Crippen LogP contribution is 2.45. The number of aliphatic hydroxyl groups is 1. The fraction of sp³-hybridized carbons (Fsp3) is 0.296. The topological polar surface area (TPSA) is 110 Å². The van der Waals surface area contributed by atoms with Gasteiger partial charge >= 0.3 is 0 Å². The van der Waals surface area contributed by atoms with Crippen molar-refractivity contribution in [1.82, 2.24) is 15.6 Å². The number of ether oxygens (including phenoxy) is 2. The van der Waals surface area contributed by atoms with E-state index in [1.807, 2.05) is 43.3 Å². The van der Waals surface area contributed by atoms with Crippen molar-refractivity contribution in [2.24, 2.45) is 0 Å². The maximum Gasteiger partial charge on any atom is 0.254 e. The molecule has 1 unspecified atom stereocenters. The van der Waals surface area contributed by atoms with Crippen LogP contribution in [0.5, 0.6) is 11.5 Å². The summed E-state index contributed by atoms with van der Waals surface area (Å²) in [5.41, 5.74) is 3.45. The van der Waals surface area contributed by atoms with E-state index in [1.54, 1.807) is 31.6 Å². The predicted octanol–water partition coefficient (Wildman–Crippen LogP) is 2.70. The highest BCUT2D eigenvalue weighted by atomic mass is 16.5. The van der Waals surface area contributed by atoms with Crippen LogP contribution in [-0.4, -0.2) is 54.8 Å². The molecule has 3 N–H and O–H groups in total. The van der Waals surface area contributed by atoms with Crippen molar-refractivity contribution in [3.63, 3.8) is 0 Å². The first kappa shape index (κ1) is 24.2. The molecule has 0 bridgehead atoms. The Bertz CT molecular complexity index is 1200. The van der Waals surface area contributed by atoms with Gasteiger partial charge in [0.2, 0.25) is 0 Å². The average molecular weight is 476 g/mol. The summed E-state index contributed by atoms with van der Waals surface area (Å²) in [5, 5.41) is 14.7. The van der Waals surface area contributed by atoms with Gasteiger partial charge in [-0.3, -0.25) is 14.6 Å². The Morgan fingerprint density at radius 3 is 2.74 bits per heavy atom. The van der Waals surface area contributed by atoms with E-state index in [-0.39, 0.29) is 37.0 Å². The summed E-state index contributed by atoms with van der Waals surface area (Å²) < 4.78 is 11.7. The van der Waals surface area contributed by atoms with Gasteiger partial charge in [0.15, 0.2) is 0 Å². The second kappa shape index (κ2) is 11.0. The van der Waals surface area contributed by atoms with Crippen LogP contribution in [0.3, 0.4) is 0 Å². The zero-order valence-electron chi connectivity index (χ0n) is 19.8. The highest BCUT2D eigenvalue weighted by Gasteiger charge is 2.36. The Kier molecular flexibility index (Phi) is 7.62. The molecule has 2 atom stereocenters. The smallest absolute Gasteiger partial charge is 0.254 e. The largest absolute Gasteiger partial charge is 0.491 e. The van der Waals surface area contributed by atoms with Crippen LogP contribution in [0.2, 0.25) is 0 Å². The number of carbonyl (C=O) groups is 2. The molecule has 0 saturated heterocycles. The van der Waals surface area contributed by atoms with Gasteiger partial charge in [0.05, 0.1) is 12.2 Å². The molecule has 1 aromatic heterocycles. The molecular weight excluding hydrogens is 446 g/mol. The Labute approximate surface area is 204 Å². The maximum absolute atomic E-state index is 13.1. The van der Waals surface area contributed by atoms with Crippen molar-refractivity contribution in [2.75, 3.05) is 26.8 Å². The Hall–Kier alpha value is -3.91. The van der Waals surface area contributed by atoms with Gasteiger partial charge in [-0.05, 0) is 54.8 Å². The van der Waals surface area contributed by atoms with E-state index >= 15 is 0 Å². The second-order valence-electron chi connectivity index (χ2n) is 8.33. The number of amides is 2. The molecule has 0 fully saturated rings. The molecule has 8 nitrogen and oxygen atoms in total. The fourth-order valence-electron chi connectivity index (χ4n) is 4.34. The number of pyridine rings is 1. The summed E-state index contributed by atoms with van der Waals surface area (Å²) in [6.07, 6.45) is 3.87. The monoisotopic (exact) mass is 475 g/mol. The molecular formula is C27H29N3O5. The number of nitrogens with one attached hydrogen (secondary N) is 2. The lowest BCUT2D eigenvalue weighted by Crippen LogP contribution is -2.27. The van der Waals surface area contributed by atoms with Crippen LogP contribution in [-0.2, 0) is 6.42 Å². The van der Waals surface area contributed by atoms with E-state index in [2.05, 4.69) is 15.6 Å². The van der Waals surface area contributed by atoms with Crippen molar-refractivity contribution >= 4 is 11.8 Å². The summed E-state index contributed by atoms with van der Waals surface area (Å²) >= 11 is 0. The Balaban J connectivity index is 1.64. The van der Waals surface area contributed by atoms with E-state index in [4.69, 9.17) is 14.6 Å². The van der Waals surface area contributed by atoms with Crippen LogP contribution in [0.25, 0.3) is 0 Å². The number of nitrogens with zero attached hydrogens (tertiary/aromatic N) is 1. The number of aliphatic hydroxyl groups excluding tert-OH is 1. The standard InChI is InChI=1S/C27H29N3O5/c1-17-24(19-6-3-7-21(13-19)34-12-11-31)22-14-20(15-23(25(22)35-17)27(33)28-2)26(32)30-10-8-18-5-4-9-29-16-18/h3-7,9,13-17,24,31H,8,10-12H2,1-2H3,(H,28,33)(H,30,32)/t17-,24?/m0/s1. The van der Waals surface area contributed by atoms with E-state index in [9.17, 15) is 9.59 Å². The van der Waals surface area contributed by atoms with Gasteiger partial charge in [0.1, 0.15) is 24.2 Å². The second-order valence-corrected chi connectivity index (χ2v) is 8.33. The van der Waals surface area contributed by atoms with E-state index in [1.165, 1.54) is 0 Å². The fourth-order valence-corrected chi connectivity index (χ4v) is 4.34. The van der Waals surface area contributed by atoms with Crippen molar-refractivity contribution < 1.29 is 24.2 Å². The zero-order valence-corrected chi connectivity index (χ0v) is 19.8. The van der Waals surface area contributed by atoms with Crippen molar-refractivity contribution in [3.05, 3.63) is 88.7 Å². The summed E-state index contributed by atoms with van der Waals surface area (Å²) in [4.78, 5) is 29.8. The van der Waals surface area contributed by atoms with Crippen LogP contribution < -0.4 is 20.1 Å². The van der Waals surface area contributed by atoms with Crippen molar-refractivity contribution in [1.29, 1.82) is 0 Å². The SMILES string of the molecule is CNC(=O)c1cc(C(=O)NCCc2cccnc2)cc2c1O[C@@H](C)C2c1cccc(OCCO)c1. The van der Waals surface area contributed by atoms with Gasteiger partial charge in [-0.1, -0.05) is 18.2 Å². The van der Waals surface area contributed by atoms with E-state index in [0.717, 1.165) is 16.7 Å². The van der Waals surface area contributed by atoms with Crippen LogP contribution in [0, 0.1) is 0 Å². The zero-order chi connectivity index (χ0) is 24.8. The van der Waals surface area contributed by atoms with Crippen LogP contribution in [0.4, 0.5) is 0 Å². The van der Waals surface area contributed by atoms with E-state index < -0.39 is 0 Å². The quantitative estimate of drug-likeness (QED) is 0.439. The molecule has 8 heteroatoms. The van der Waals surface area contributed by atoms with Crippen molar-refractivity contribution in [2.45, 2.75) is 25.4 Å². The van der Waals surface area contributed by atoms with E-state index in [0.29, 0.717) is 35.6 Å². The molecule has 1 aliphatic rings. The van der Waals surface area contributed by atoms with Gasteiger partial charge in [-0.2, -0.15) is 0 Å². The molecule has 182 valence electrons. The van der Waals surface area contributed by atoms with Gasteiger partial charge in [0, 0.05) is 43.0 Å². The van der Waals surface area contributed by atoms with Crippen molar-refractivity contribution in [3.8, 4) is 11.5 Å². The lowest BCUT2D eigenvalue weighted by atomic mass is 9.86. The minimum absolute atomic E-state index is 0.0786. The summed E-state index contributed by atoms with van der Waals surface area (Å²) in [5.74, 6) is 0.331. The molecule has 2 aromatic carbocycles. The molecule has 0 spiro atoms. The van der Waals surface area contributed by atoms with Crippen LogP contribution >= 0.6 is 0 Å². The third-order valence-corrected chi connectivity index (χ3v) is 5.96. The first-order valence-electron chi connectivity index (χ1n) is 11.6. The number of rotatable bonds is 9. The van der Waals surface area contributed by atoms with Gasteiger partial charge in [0.25, 0.3) is 11.8 Å². The highest BCUT2D eigenvalue weighted by molar-refractivity contribution is 6.02. The first-order valence-corrected chi connectivity index (χ1v) is 11.6. The lowest BCUT2D eigenvalue weighted by Gasteiger charge is -2.17. The molecule has 2 heterocycles. The Morgan fingerprint density at radius 2 is 2.00 bits per heavy atom. The molecule has 0 aliphatic carbocycles. The molecule has 1 aliphatic heterocycles. The molecule has 35 heavy (non-hydrogen) atoms. The third-order valence-electron chi connectivity index (χ3n) is 5.96. The molecule has 3 aromatic rings. The number of aromatic nitrogens is 1. The van der Waals surface area contributed by atoms with Gasteiger partial charge < -0.3 is 25.2 Å². The number of benzene rings is 2. The first-order chi connectivity index (χ1) is 17.0. The summed E-state index contributed by atoms with van der Waals surface area (Å²) in [7, 11) is 1.55. The van der Waals surface area contributed by atoms with Crippen LogP contribution in [0.15, 0.2) is 60.9 Å². The minimum Gasteiger partial charge on any atom is -0.491 e. The average Bonchev–Trinajstić information content (AvgIpc) is 3.22. The third kappa shape index (κ3) is 5.44. The number of carbonyl (C=O) groups excluding carboxylic acids is 2. The number of hydrogen-bond donors (Lipinski definition) is 3. The summed E-state index contributed by atoms with van der Waals surface area (Å²) in [6.45, 7) is 2.50. The minimum atomic E-state index is -0.320. The van der Waals surface area contributed by atoms with Crippen LogP contribution in [0.1, 0.15) is 50.2 Å². The lowest BCUT2D eigenvalue weighted by molar-refractivity contribution is 0.0954. The number of fused-ring (bicyclic) bond motifs is 1. The summed E-state index contributed by atoms with van der Waals surface area (Å²) in [6, 6.07) is 14.8.